The fraction of sp³-hybridized carbons (Fsp3) is 0.316. The summed E-state index contributed by atoms with van der Waals surface area (Å²) in [6, 6.07) is 19.6. The Hall–Kier alpha value is -2.17. The van der Waals surface area contributed by atoms with E-state index in [2.05, 4.69) is 5.32 Å². The summed E-state index contributed by atoms with van der Waals surface area (Å²) in [5.74, 6) is -0.249. The van der Waals surface area contributed by atoms with E-state index < -0.39 is 5.54 Å². The van der Waals surface area contributed by atoms with Crippen molar-refractivity contribution in [2.45, 2.75) is 25.5 Å². The number of carbonyl (C=O) groups is 1. The van der Waals surface area contributed by atoms with Crippen LogP contribution < -0.4 is 5.32 Å². The van der Waals surface area contributed by atoms with Crippen molar-refractivity contribution < 1.29 is 14.6 Å². The van der Waals surface area contributed by atoms with Gasteiger partial charge in [-0.15, -0.1) is 0 Å². The Morgan fingerprint density at radius 2 is 1.52 bits per heavy atom. The minimum atomic E-state index is -0.657. The standard InChI is InChI=1S/C19H23NO3/c1-19(2,14-21)20-17(22)13-23-18(15-9-5-3-6-10-15)16-11-7-4-8-12-16/h3-12,18,21H,13-14H2,1-2H3,(H,20,22). The molecule has 2 aromatic carbocycles. The van der Waals surface area contributed by atoms with Crippen LogP contribution in [0.5, 0.6) is 0 Å². The molecule has 2 rings (SSSR count). The first kappa shape index (κ1) is 17.2. The fourth-order valence-corrected chi connectivity index (χ4v) is 2.25. The van der Waals surface area contributed by atoms with Gasteiger partial charge in [0.25, 0.3) is 0 Å². The third-order valence-electron chi connectivity index (χ3n) is 3.46. The number of aliphatic hydroxyl groups is 1. The van der Waals surface area contributed by atoms with Gasteiger partial charge in [-0.05, 0) is 25.0 Å². The Kier molecular flexibility index (Phi) is 5.90. The maximum absolute atomic E-state index is 12.0. The quantitative estimate of drug-likeness (QED) is 0.826. The van der Waals surface area contributed by atoms with E-state index in [0.29, 0.717) is 0 Å². The highest BCUT2D eigenvalue weighted by atomic mass is 16.5. The highest BCUT2D eigenvalue weighted by Gasteiger charge is 2.21. The van der Waals surface area contributed by atoms with Gasteiger partial charge in [-0.3, -0.25) is 4.79 Å². The van der Waals surface area contributed by atoms with Crippen molar-refractivity contribution >= 4 is 5.91 Å². The zero-order valence-electron chi connectivity index (χ0n) is 13.5. The monoisotopic (exact) mass is 313 g/mol. The molecule has 4 heteroatoms. The average molecular weight is 313 g/mol. The number of aliphatic hydroxyl groups excluding tert-OH is 1. The Labute approximate surface area is 137 Å². The molecule has 0 fully saturated rings. The minimum Gasteiger partial charge on any atom is -0.394 e. The molecule has 0 aromatic heterocycles. The summed E-state index contributed by atoms with van der Waals surface area (Å²) in [5, 5.41) is 12.0. The maximum Gasteiger partial charge on any atom is 0.246 e. The van der Waals surface area contributed by atoms with Gasteiger partial charge in [0.2, 0.25) is 5.91 Å². The third-order valence-corrected chi connectivity index (χ3v) is 3.46. The average Bonchev–Trinajstić information content (AvgIpc) is 2.56. The van der Waals surface area contributed by atoms with Crippen molar-refractivity contribution in [3.05, 3.63) is 71.8 Å². The minimum absolute atomic E-state index is 0.0715. The highest BCUT2D eigenvalue weighted by molar-refractivity contribution is 5.78. The van der Waals surface area contributed by atoms with Gasteiger partial charge in [-0.2, -0.15) is 0 Å². The summed E-state index contributed by atoms with van der Waals surface area (Å²) in [7, 11) is 0. The first-order valence-corrected chi connectivity index (χ1v) is 7.65. The van der Waals surface area contributed by atoms with Gasteiger partial charge >= 0.3 is 0 Å². The number of carbonyl (C=O) groups excluding carboxylic acids is 1. The number of hydrogen-bond donors (Lipinski definition) is 2. The van der Waals surface area contributed by atoms with Crippen LogP contribution in [0.15, 0.2) is 60.7 Å². The second-order valence-electron chi connectivity index (χ2n) is 6.10. The molecule has 0 bridgehead atoms. The number of amides is 1. The van der Waals surface area contributed by atoms with Crippen molar-refractivity contribution in [1.29, 1.82) is 0 Å². The van der Waals surface area contributed by atoms with Crippen molar-refractivity contribution in [2.75, 3.05) is 13.2 Å². The van der Waals surface area contributed by atoms with Gasteiger partial charge in [-0.25, -0.2) is 0 Å². The molecule has 0 aliphatic carbocycles. The van der Waals surface area contributed by atoms with E-state index in [4.69, 9.17) is 4.74 Å². The molecule has 122 valence electrons. The van der Waals surface area contributed by atoms with Crippen LogP contribution in [-0.2, 0) is 9.53 Å². The molecule has 4 nitrogen and oxygen atoms in total. The van der Waals surface area contributed by atoms with E-state index in [1.54, 1.807) is 13.8 Å². The maximum atomic E-state index is 12.0. The van der Waals surface area contributed by atoms with Crippen molar-refractivity contribution in [2.24, 2.45) is 0 Å². The van der Waals surface area contributed by atoms with Crippen LogP contribution in [0.3, 0.4) is 0 Å². The smallest absolute Gasteiger partial charge is 0.246 e. The summed E-state index contributed by atoms with van der Waals surface area (Å²) < 4.78 is 5.87. The SMILES string of the molecule is CC(C)(CO)NC(=O)COC(c1ccccc1)c1ccccc1. The van der Waals surface area contributed by atoms with Crippen LogP contribution in [0, 0.1) is 0 Å². The molecule has 0 radical (unpaired) electrons. The van der Waals surface area contributed by atoms with Gasteiger partial charge in [0.15, 0.2) is 0 Å². The van der Waals surface area contributed by atoms with E-state index in [1.165, 1.54) is 0 Å². The third kappa shape index (κ3) is 5.20. The van der Waals surface area contributed by atoms with Crippen LogP contribution in [0.2, 0.25) is 0 Å². The first-order chi connectivity index (χ1) is 11.0. The Bertz CT molecular complexity index is 572. The molecule has 1 amide bonds. The molecule has 0 atom stereocenters. The molecule has 0 heterocycles. The summed E-state index contributed by atoms with van der Waals surface area (Å²) in [6.45, 7) is 3.32. The van der Waals surface area contributed by atoms with Gasteiger partial charge in [0, 0.05) is 0 Å². The van der Waals surface area contributed by atoms with E-state index in [0.717, 1.165) is 11.1 Å². The van der Waals surface area contributed by atoms with Crippen molar-refractivity contribution in [1.82, 2.24) is 5.32 Å². The van der Waals surface area contributed by atoms with Crippen molar-refractivity contribution in [3.8, 4) is 0 Å². The summed E-state index contributed by atoms with van der Waals surface area (Å²) >= 11 is 0. The molecular formula is C19H23NO3. The van der Waals surface area contributed by atoms with Gasteiger partial charge < -0.3 is 15.2 Å². The topological polar surface area (TPSA) is 58.6 Å². The summed E-state index contributed by atoms with van der Waals surface area (Å²) in [6.07, 6.45) is -0.305. The molecule has 2 aromatic rings. The zero-order chi connectivity index (χ0) is 16.7. The molecule has 23 heavy (non-hydrogen) atoms. The largest absolute Gasteiger partial charge is 0.394 e. The van der Waals surface area contributed by atoms with E-state index in [1.807, 2.05) is 60.7 Å². The predicted octanol–water partition coefficient (Wildman–Crippen LogP) is 2.68. The van der Waals surface area contributed by atoms with E-state index in [9.17, 15) is 9.90 Å². The van der Waals surface area contributed by atoms with Crippen LogP contribution in [0.1, 0.15) is 31.1 Å². The molecular weight excluding hydrogens is 290 g/mol. The summed E-state index contributed by atoms with van der Waals surface area (Å²) in [4.78, 5) is 12.0. The molecule has 0 saturated carbocycles. The van der Waals surface area contributed by atoms with Gasteiger partial charge in [0.1, 0.15) is 12.7 Å². The fourth-order valence-electron chi connectivity index (χ4n) is 2.25. The normalized spacial score (nSPS) is 11.5. The van der Waals surface area contributed by atoms with Crippen LogP contribution in [0.25, 0.3) is 0 Å². The molecule has 0 aliphatic heterocycles. The highest BCUT2D eigenvalue weighted by Crippen LogP contribution is 2.25. The second-order valence-corrected chi connectivity index (χ2v) is 6.10. The van der Waals surface area contributed by atoms with E-state index >= 15 is 0 Å². The van der Waals surface area contributed by atoms with Gasteiger partial charge in [-0.1, -0.05) is 60.7 Å². The van der Waals surface area contributed by atoms with Crippen LogP contribution in [-0.4, -0.2) is 29.8 Å². The lowest BCUT2D eigenvalue weighted by atomic mass is 10.0. The van der Waals surface area contributed by atoms with E-state index in [-0.39, 0.29) is 25.2 Å². The number of ether oxygens (including phenoxy) is 1. The lowest BCUT2D eigenvalue weighted by Crippen LogP contribution is -2.47. The molecule has 0 spiro atoms. The Balaban J connectivity index is 2.09. The molecule has 2 N–H and O–H groups in total. The Morgan fingerprint density at radius 3 is 1.96 bits per heavy atom. The second kappa shape index (κ2) is 7.90. The van der Waals surface area contributed by atoms with Gasteiger partial charge in [0.05, 0.1) is 12.1 Å². The first-order valence-electron chi connectivity index (χ1n) is 7.65. The zero-order valence-corrected chi connectivity index (χ0v) is 13.5. The van der Waals surface area contributed by atoms with Crippen LogP contribution >= 0.6 is 0 Å². The Morgan fingerprint density at radius 1 is 1.04 bits per heavy atom. The number of nitrogens with one attached hydrogen (secondary N) is 1. The van der Waals surface area contributed by atoms with Crippen molar-refractivity contribution in [3.63, 3.8) is 0 Å². The number of hydrogen-bond acceptors (Lipinski definition) is 3. The van der Waals surface area contributed by atoms with Crippen LogP contribution in [0.4, 0.5) is 0 Å². The lowest BCUT2D eigenvalue weighted by molar-refractivity contribution is -0.129. The number of rotatable bonds is 7. The predicted molar refractivity (Wildman–Crippen MR) is 90.0 cm³/mol. The number of benzene rings is 2. The lowest BCUT2D eigenvalue weighted by Gasteiger charge is -2.24. The summed E-state index contributed by atoms with van der Waals surface area (Å²) in [5.41, 5.74) is 1.33. The molecule has 0 unspecified atom stereocenters. The molecule has 0 saturated heterocycles. The molecule has 0 aliphatic rings.